The maximum atomic E-state index is 12.8. The lowest BCUT2D eigenvalue weighted by Crippen LogP contribution is -2.10. The molecule has 0 spiro atoms. The van der Waals surface area contributed by atoms with E-state index in [0.717, 1.165) is 15.9 Å². The third kappa shape index (κ3) is 3.28. The van der Waals surface area contributed by atoms with Crippen LogP contribution in [0.2, 0.25) is 0 Å². The summed E-state index contributed by atoms with van der Waals surface area (Å²) in [5.41, 5.74) is 1.75. The van der Waals surface area contributed by atoms with E-state index < -0.39 is 0 Å². The average molecular weight is 316 g/mol. The predicted molar refractivity (Wildman–Crippen MR) is 83.5 cm³/mol. The highest BCUT2D eigenvalue weighted by Crippen LogP contribution is 2.21. The number of esters is 1. The molecule has 0 atom stereocenters. The van der Waals surface area contributed by atoms with E-state index in [4.69, 9.17) is 4.74 Å². The summed E-state index contributed by atoms with van der Waals surface area (Å²) in [4.78, 5) is 16.9. The largest absolute Gasteiger partial charge is 0.426 e. The normalized spacial score (nSPS) is 10.8. The summed E-state index contributed by atoms with van der Waals surface area (Å²) in [6.07, 6.45) is 1.71. The molecule has 22 heavy (non-hydrogen) atoms. The van der Waals surface area contributed by atoms with Crippen LogP contribution in [0.4, 0.5) is 4.39 Å². The smallest absolute Gasteiger partial charge is 0.321 e. The lowest BCUT2D eigenvalue weighted by atomic mass is 10.3. The van der Waals surface area contributed by atoms with Gasteiger partial charge in [-0.15, -0.1) is 11.8 Å². The zero-order valence-corrected chi connectivity index (χ0v) is 12.6. The number of hydrogen-bond donors (Lipinski definition) is 0. The van der Waals surface area contributed by atoms with Gasteiger partial charge in [-0.05, 0) is 36.4 Å². The Morgan fingerprint density at radius 1 is 1.27 bits per heavy atom. The van der Waals surface area contributed by atoms with Gasteiger partial charge in [-0.3, -0.25) is 4.79 Å². The quantitative estimate of drug-likeness (QED) is 0.420. The number of benzene rings is 2. The van der Waals surface area contributed by atoms with Gasteiger partial charge in [0.15, 0.2) is 0 Å². The fraction of sp³-hybridized carbons (Fsp3) is 0.125. The molecule has 0 radical (unpaired) electrons. The van der Waals surface area contributed by atoms with Crippen molar-refractivity contribution in [1.82, 2.24) is 9.55 Å². The van der Waals surface area contributed by atoms with Crippen molar-refractivity contribution < 1.29 is 13.9 Å². The SMILES string of the molecule is Cn1cnc2cc(OC(=O)CSc3ccc(F)cc3)ccc21. The zero-order valence-electron chi connectivity index (χ0n) is 11.8. The first-order valence-corrected chi connectivity index (χ1v) is 7.60. The second kappa shape index (κ2) is 6.19. The molecular weight excluding hydrogens is 303 g/mol. The molecule has 6 heteroatoms. The minimum atomic E-state index is -0.357. The van der Waals surface area contributed by atoms with Crippen molar-refractivity contribution in [3.63, 3.8) is 0 Å². The van der Waals surface area contributed by atoms with E-state index in [9.17, 15) is 9.18 Å². The molecule has 0 N–H and O–H groups in total. The number of imidazole rings is 1. The zero-order chi connectivity index (χ0) is 15.5. The van der Waals surface area contributed by atoms with Crippen LogP contribution in [0.5, 0.6) is 5.75 Å². The first-order valence-electron chi connectivity index (χ1n) is 6.62. The van der Waals surface area contributed by atoms with Gasteiger partial charge in [-0.25, -0.2) is 9.37 Å². The number of aryl methyl sites for hydroxylation is 1. The summed E-state index contributed by atoms with van der Waals surface area (Å²) in [6, 6.07) is 11.3. The van der Waals surface area contributed by atoms with Gasteiger partial charge in [-0.2, -0.15) is 0 Å². The van der Waals surface area contributed by atoms with Crippen LogP contribution in [-0.2, 0) is 11.8 Å². The lowest BCUT2D eigenvalue weighted by molar-refractivity contribution is -0.131. The van der Waals surface area contributed by atoms with Crippen molar-refractivity contribution in [2.75, 3.05) is 5.75 Å². The number of carbonyl (C=O) groups is 1. The third-order valence-electron chi connectivity index (χ3n) is 3.10. The molecule has 0 saturated carbocycles. The fourth-order valence-corrected chi connectivity index (χ4v) is 2.69. The molecule has 1 heterocycles. The molecule has 0 aliphatic rings. The van der Waals surface area contributed by atoms with Crippen LogP contribution in [0.3, 0.4) is 0 Å². The Labute approximate surface area is 130 Å². The van der Waals surface area contributed by atoms with E-state index in [1.54, 1.807) is 30.6 Å². The Morgan fingerprint density at radius 3 is 2.82 bits per heavy atom. The van der Waals surface area contributed by atoms with Crippen molar-refractivity contribution >= 4 is 28.8 Å². The minimum absolute atomic E-state index is 0.159. The molecule has 0 fully saturated rings. The Kier molecular flexibility index (Phi) is 4.11. The maximum absolute atomic E-state index is 12.8. The highest BCUT2D eigenvalue weighted by Gasteiger charge is 2.08. The molecular formula is C16H13FN2O2S. The summed E-state index contributed by atoms with van der Waals surface area (Å²) in [7, 11) is 1.90. The van der Waals surface area contributed by atoms with E-state index >= 15 is 0 Å². The molecule has 0 aliphatic heterocycles. The van der Waals surface area contributed by atoms with E-state index in [1.165, 1.54) is 23.9 Å². The van der Waals surface area contributed by atoms with Gasteiger partial charge in [0.05, 0.1) is 23.1 Å². The number of aromatic nitrogens is 2. The monoisotopic (exact) mass is 316 g/mol. The molecule has 0 saturated heterocycles. The molecule has 0 amide bonds. The Hall–Kier alpha value is -2.34. The van der Waals surface area contributed by atoms with Crippen LogP contribution in [0, 0.1) is 5.82 Å². The molecule has 1 aromatic heterocycles. The number of thioether (sulfide) groups is 1. The van der Waals surface area contributed by atoms with Crippen molar-refractivity contribution in [1.29, 1.82) is 0 Å². The fourth-order valence-electron chi connectivity index (χ4n) is 2.01. The molecule has 0 aliphatic carbocycles. The van der Waals surface area contributed by atoms with Crippen LogP contribution in [0.15, 0.2) is 53.7 Å². The molecule has 4 nitrogen and oxygen atoms in total. The van der Waals surface area contributed by atoms with Gasteiger partial charge < -0.3 is 9.30 Å². The number of rotatable bonds is 4. The summed E-state index contributed by atoms with van der Waals surface area (Å²) >= 11 is 1.30. The second-order valence-corrected chi connectivity index (χ2v) is 5.77. The number of carbonyl (C=O) groups excluding carboxylic acids is 1. The average Bonchev–Trinajstić information content (AvgIpc) is 2.88. The number of hydrogen-bond acceptors (Lipinski definition) is 4. The van der Waals surface area contributed by atoms with Gasteiger partial charge in [0.1, 0.15) is 11.6 Å². The second-order valence-electron chi connectivity index (χ2n) is 4.72. The first-order chi connectivity index (χ1) is 10.6. The topological polar surface area (TPSA) is 44.1 Å². The van der Waals surface area contributed by atoms with Gasteiger partial charge >= 0.3 is 5.97 Å². The van der Waals surface area contributed by atoms with Crippen LogP contribution < -0.4 is 4.74 Å². The molecule has 3 rings (SSSR count). The van der Waals surface area contributed by atoms with E-state index in [2.05, 4.69) is 4.98 Å². The van der Waals surface area contributed by atoms with Gasteiger partial charge in [-0.1, -0.05) is 0 Å². The van der Waals surface area contributed by atoms with Crippen molar-refractivity contribution in [3.8, 4) is 5.75 Å². The van der Waals surface area contributed by atoms with E-state index in [1.807, 2.05) is 17.7 Å². The molecule has 112 valence electrons. The van der Waals surface area contributed by atoms with Crippen LogP contribution in [0.25, 0.3) is 11.0 Å². The molecule has 0 unspecified atom stereocenters. The number of ether oxygens (including phenoxy) is 1. The third-order valence-corrected chi connectivity index (χ3v) is 4.08. The summed E-state index contributed by atoms with van der Waals surface area (Å²) in [5, 5.41) is 0. The lowest BCUT2D eigenvalue weighted by Gasteiger charge is -2.05. The minimum Gasteiger partial charge on any atom is -0.426 e. The summed E-state index contributed by atoms with van der Waals surface area (Å²) in [6.45, 7) is 0. The number of fused-ring (bicyclic) bond motifs is 1. The van der Waals surface area contributed by atoms with E-state index in [0.29, 0.717) is 5.75 Å². The van der Waals surface area contributed by atoms with Gasteiger partial charge in [0, 0.05) is 18.0 Å². The number of halogens is 1. The standard InChI is InChI=1S/C16H13FN2O2S/c1-19-10-18-14-8-12(4-7-15(14)19)21-16(20)9-22-13-5-2-11(17)3-6-13/h2-8,10H,9H2,1H3. The Balaban J connectivity index is 1.61. The molecule has 2 aromatic carbocycles. The van der Waals surface area contributed by atoms with Crippen molar-refractivity contribution in [3.05, 3.63) is 54.6 Å². The highest BCUT2D eigenvalue weighted by molar-refractivity contribution is 8.00. The van der Waals surface area contributed by atoms with E-state index in [-0.39, 0.29) is 17.5 Å². The predicted octanol–water partition coefficient (Wildman–Crippen LogP) is 3.41. The first kappa shape index (κ1) is 14.6. The molecule has 0 bridgehead atoms. The molecule has 3 aromatic rings. The van der Waals surface area contributed by atoms with Crippen LogP contribution in [0.1, 0.15) is 0 Å². The van der Waals surface area contributed by atoms with Crippen LogP contribution in [-0.4, -0.2) is 21.3 Å². The van der Waals surface area contributed by atoms with Gasteiger partial charge in [0.2, 0.25) is 0 Å². The summed E-state index contributed by atoms with van der Waals surface area (Å²) < 4.78 is 20.0. The summed E-state index contributed by atoms with van der Waals surface area (Å²) in [5.74, 6) is -0.0255. The Bertz CT molecular complexity index is 815. The number of nitrogens with zero attached hydrogens (tertiary/aromatic N) is 2. The maximum Gasteiger partial charge on any atom is 0.321 e. The van der Waals surface area contributed by atoms with Crippen molar-refractivity contribution in [2.45, 2.75) is 4.90 Å². The highest BCUT2D eigenvalue weighted by atomic mass is 32.2. The van der Waals surface area contributed by atoms with Gasteiger partial charge in [0.25, 0.3) is 0 Å². The van der Waals surface area contributed by atoms with Crippen molar-refractivity contribution in [2.24, 2.45) is 7.05 Å². The Morgan fingerprint density at radius 2 is 2.05 bits per heavy atom. The van der Waals surface area contributed by atoms with Crippen LogP contribution >= 0.6 is 11.8 Å².